The summed E-state index contributed by atoms with van der Waals surface area (Å²) >= 11 is 0. The van der Waals surface area contributed by atoms with Gasteiger partial charge < -0.3 is 0 Å². The molecule has 72 valence electrons. The molecule has 0 aliphatic heterocycles. The van der Waals surface area contributed by atoms with E-state index in [4.69, 9.17) is 0 Å². The smallest absolute Gasteiger partial charge is 0.0292 e. The standard InChI is InChI=1S/C12H24/c1-6-11-8-12(5,10(11)4)7-9(2)3/h9-11H,6-8H2,1-5H3. The molecule has 3 atom stereocenters. The van der Waals surface area contributed by atoms with E-state index in [1.165, 1.54) is 19.3 Å². The molecule has 0 N–H and O–H groups in total. The van der Waals surface area contributed by atoms with Crippen molar-refractivity contribution in [2.24, 2.45) is 23.2 Å². The van der Waals surface area contributed by atoms with Crippen LogP contribution in [0.4, 0.5) is 0 Å². The molecule has 1 aliphatic rings. The molecule has 1 saturated carbocycles. The van der Waals surface area contributed by atoms with Gasteiger partial charge in [-0.1, -0.05) is 41.0 Å². The minimum atomic E-state index is 0.675. The molecular weight excluding hydrogens is 144 g/mol. The lowest BCUT2D eigenvalue weighted by atomic mass is 9.52. The lowest BCUT2D eigenvalue weighted by Gasteiger charge is -2.53. The third-order valence-corrected chi connectivity index (χ3v) is 3.93. The van der Waals surface area contributed by atoms with Crippen molar-refractivity contribution in [1.29, 1.82) is 0 Å². The Hall–Kier alpha value is 0. The van der Waals surface area contributed by atoms with Gasteiger partial charge in [-0.25, -0.2) is 0 Å². The van der Waals surface area contributed by atoms with Gasteiger partial charge in [0.2, 0.25) is 0 Å². The lowest BCUT2D eigenvalue weighted by molar-refractivity contribution is -0.0332. The first-order chi connectivity index (χ1) is 5.49. The van der Waals surface area contributed by atoms with Gasteiger partial charge in [0, 0.05) is 0 Å². The van der Waals surface area contributed by atoms with Gasteiger partial charge in [0.15, 0.2) is 0 Å². The number of hydrogen-bond donors (Lipinski definition) is 0. The van der Waals surface area contributed by atoms with Crippen LogP contribution in [0, 0.1) is 23.2 Å². The Morgan fingerprint density at radius 2 is 2.00 bits per heavy atom. The van der Waals surface area contributed by atoms with Gasteiger partial charge in [-0.15, -0.1) is 0 Å². The van der Waals surface area contributed by atoms with Crippen LogP contribution in [0.15, 0.2) is 0 Å². The molecule has 0 radical (unpaired) electrons. The molecule has 0 bridgehead atoms. The Kier molecular flexibility index (Phi) is 2.85. The van der Waals surface area contributed by atoms with Crippen LogP contribution >= 0.6 is 0 Å². The molecule has 0 aromatic heterocycles. The maximum atomic E-state index is 2.48. The second kappa shape index (κ2) is 3.40. The molecule has 0 heteroatoms. The molecule has 0 amide bonds. The molecule has 1 fully saturated rings. The molecule has 0 spiro atoms. The summed E-state index contributed by atoms with van der Waals surface area (Å²) in [6, 6.07) is 0. The fraction of sp³-hybridized carbons (Fsp3) is 1.00. The van der Waals surface area contributed by atoms with Crippen LogP contribution in [0.1, 0.15) is 53.9 Å². The van der Waals surface area contributed by atoms with Crippen molar-refractivity contribution in [2.75, 3.05) is 0 Å². The van der Waals surface area contributed by atoms with E-state index in [0.717, 1.165) is 17.8 Å². The van der Waals surface area contributed by atoms with Crippen LogP contribution in [0.3, 0.4) is 0 Å². The lowest BCUT2D eigenvalue weighted by Crippen LogP contribution is -2.44. The van der Waals surface area contributed by atoms with Gasteiger partial charge in [-0.05, 0) is 36.0 Å². The van der Waals surface area contributed by atoms with Crippen molar-refractivity contribution in [1.82, 2.24) is 0 Å². The van der Waals surface area contributed by atoms with E-state index in [-0.39, 0.29) is 0 Å². The predicted octanol–water partition coefficient (Wildman–Crippen LogP) is 4.10. The minimum absolute atomic E-state index is 0.675. The summed E-state index contributed by atoms with van der Waals surface area (Å²) in [5, 5.41) is 0. The highest BCUT2D eigenvalue weighted by atomic mass is 14.5. The molecule has 1 rings (SSSR count). The van der Waals surface area contributed by atoms with E-state index < -0.39 is 0 Å². The maximum Gasteiger partial charge on any atom is -0.0292 e. The van der Waals surface area contributed by atoms with E-state index in [2.05, 4.69) is 34.6 Å². The number of hydrogen-bond acceptors (Lipinski definition) is 0. The van der Waals surface area contributed by atoms with Crippen molar-refractivity contribution in [3.8, 4) is 0 Å². The Bertz CT molecular complexity index is 148. The van der Waals surface area contributed by atoms with Gasteiger partial charge in [0.05, 0.1) is 0 Å². The van der Waals surface area contributed by atoms with Gasteiger partial charge >= 0.3 is 0 Å². The van der Waals surface area contributed by atoms with Crippen LogP contribution in [0.25, 0.3) is 0 Å². The van der Waals surface area contributed by atoms with E-state index in [1.54, 1.807) is 0 Å². The molecule has 1 aliphatic carbocycles. The Balaban J connectivity index is 2.44. The zero-order valence-electron chi connectivity index (χ0n) is 9.35. The zero-order valence-corrected chi connectivity index (χ0v) is 9.35. The Labute approximate surface area is 77.7 Å². The van der Waals surface area contributed by atoms with Crippen LogP contribution < -0.4 is 0 Å². The third-order valence-electron chi connectivity index (χ3n) is 3.93. The summed E-state index contributed by atoms with van der Waals surface area (Å²) in [5.74, 6) is 2.86. The SMILES string of the molecule is CCC1CC(C)(CC(C)C)C1C. The van der Waals surface area contributed by atoms with Gasteiger partial charge in [0.25, 0.3) is 0 Å². The van der Waals surface area contributed by atoms with Crippen LogP contribution in [-0.4, -0.2) is 0 Å². The fourth-order valence-electron chi connectivity index (χ4n) is 3.07. The van der Waals surface area contributed by atoms with E-state index in [0.29, 0.717) is 5.41 Å². The molecular formula is C12H24. The highest BCUT2D eigenvalue weighted by Gasteiger charge is 2.46. The average molecular weight is 168 g/mol. The first kappa shape index (κ1) is 10.1. The van der Waals surface area contributed by atoms with E-state index in [9.17, 15) is 0 Å². The highest BCUT2D eigenvalue weighted by molar-refractivity contribution is 4.95. The summed E-state index contributed by atoms with van der Waals surface area (Å²) in [6.07, 6.45) is 4.28. The second-order valence-electron chi connectivity index (χ2n) is 5.41. The first-order valence-electron chi connectivity index (χ1n) is 5.49. The minimum Gasteiger partial charge on any atom is -0.0651 e. The van der Waals surface area contributed by atoms with Crippen LogP contribution in [0.2, 0.25) is 0 Å². The predicted molar refractivity (Wildman–Crippen MR) is 55.1 cm³/mol. The molecule has 0 aromatic rings. The molecule has 0 aromatic carbocycles. The van der Waals surface area contributed by atoms with Crippen molar-refractivity contribution in [3.05, 3.63) is 0 Å². The summed E-state index contributed by atoms with van der Waals surface area (Å²) in [5.41, 5.74) is 0.675. The molecule has 12 heavy (non-hydrogen) atoms. The van der Waals surface area contributed by atoms with Crippen molar-refractivity contribution < 1.29 is 0 Å². The topological polar surface area (TPSA) is 0 Å². The Morgan fingerprint density at radius 3 is 2.33 bits per heavy atom. The van der Waals surface area contributed by atoms with Crippen LogP contribution in [0.5, 0.6) is 0 Å². The highest BCUT2D eigenvalue weighted by Crippen LogP contribution is 2.55. The molecule has 0 saturated heterocycles. The van der Waals surface area contributed by atoms with Crippen molar-refractivity contribution >= 4 is 0 Å². The van der Waals surface area contributed by atoms with Gasteiger partial charge in [-0.2, -0.15) is 0 Å². The zero-order chi connectivity index (χ0) is 9.35. The van der Waals surface area contributed by atoms with Crippen molar-refractivity contribution in [2.45, 2.75) is 53.9 Å². The number of rotatable bonds is 3. The largest absolute Gasteiger partial charge is 0.0651 e. The van der Waals surface area contributed by atoms with Gasteiger partial charge in [0.1, 0.15) is 0 Å². The van der Waals surface area contributed by atoms with Crippen molar-refractivity contribution in [3.63, 3.8) is 0 Å². The molecule has 0 nitrogen and oxygen atoms in total. The molecule has 3 unspecified atom stereocenters. The van der Waals surface area contributed by atoms with E-state index in [1.807, 2.05) is 0 Å². The summed E-state index contributed by atoms with van der Waals surface area (Å²) in [6.45, 7) is 11.9. The van der Waals surface area contributed by atoms with Gasteiger partial charge in [-0.3, -0.25) is 0 Å². The molecule has 0 heterocycles. The second-order valence-corrected chi connectivity index (χ2v) is 5.41. The summed E-state index contributed by atoms with van der Waals surface area (Å²) < 4.78 is 0. The first-order valence-corrected chi connectivity index (χ1v) is 5.49. The van der Waals surface area contributed by atoms with Crippen LogP contribution in [-0.2, 0) is 0 Å². The normalized spacial score (nSPS) is 41.5. The monoisotopic (exact) mass is 168 g/mol. The quantitative estimate of drug-likeness (QED) is 0.595. The fourth-order valence-corrected chi connectivity index (χ4v) is 3.07. The third kappa shape index (κ3) is 1.67. The summed E-state index contributed by atoms with van der Waals surface area (Å²) in [7, 11) is 0. The van der Waals surface area contributed by atoms with E-state index >= 15 is 0 Å². The Morgan fingerprint density at radius 1 is 1.42 bits per heavy atom. The maximum absolute atomic E-state index is 2.48. The summed E-state index contributed by atoms with van der Waals surface area (Å²) in [4.78, 5) is 0. The average Bonchev–Trinajstić information content (AvgIpc) is 1.98.